The number of pyridine rings is 1. The second-order valence-corrected chi connectivity index (χ2v) is 8.52. The van der Waals surface area contributed by atoms with Crippen LogP contribution in [-0.4, -0.2) is 26.6 Å². The Kier molecular flexibility index (Phi) is 4.73. The van der Waals surface area contributed by atoms with Gasteiger partial charge >= 0.3 is 0 Å². The van der Waals surface area contributed by atoms with Crippen LogP contribution >= 0.6 is 0 Å². The van der Waals surface area contributed by atoms with Crippen LogP contribution in [0.25, 0.3) is 0 Å². The maximum absolute atomic E-state index is 13.1. The number of carbonyl (C=O) groups is 2. The van der Waals surface area contributed by atoms with Crippen LogP contribution in [0, 0.1) is 24.7 Å². The lowest BCUT2D eigenvalue weighted by molar-refractivity contribution is -0.127. The number of anilines is 1. The molecule has 2 heterocycles. The minimum atomic E-state index is -0.391. The number of hydrogen-bond acceptors (Lipinski definition) is 5. The van der Waals surface area contributed by atoms with E-state index in [9.17, 15) is 9.59 Å². The average Bonchev–Trinajstić information content (AvgIpc) is 2.93. The number of Topliss-reactive ketones (excluding diaryl/α,β-unsaturated/α-hetero) is 1. The fourth-order valence-corrected chi connectivity index (χ4v) is 5.08. The van der Waals surface area contributed by atoms with Crippen molar-refractivity contribution in [2.45, 2.75) is 58.8 Å². The van der Waals surface area contributed by atoms with E-state index in [4.69, 9.17) is 0 Å². The zero-order valence-electron chi connectivity index (χ0n) is 16.5. The number of amides is 1. The Labute approximate surface area is 165 Å². The summed E-state index contributed by atoms with van der Waals surface area (Å²) in [6, 6.07) is 7.29. The van der Waals surface area contributed by atoms with Crippen molar-refractivity contribution in [3.05, 3.63) is 47.7 Å². The number of nitrogens with one attached hydrogen (secondary N) is 1. The Bertz CT molecular complexity index is 928. The van der Waals surface area contributed by atoms with E-state index in [-0.39, 0.29) is 17.1 Å². The lowest BCUT2D eigenvalue weighted by atomic mass is 9.66. The third-order valence-electron chi connectivity index (χ3n) is 6.42. The highest BCUT2D eigenvalue weighted by Crippen LogP contribution is 2.60. The normalized spacial score (nSPS) is 26.1. The quantitative estimate of drug-likeness (QED) is 0.794. The Morgan fingerprint density at radius 2 is 1.93 bits per heavy atom. The predicted molar refractivity (Wildman–Crippen MR) is 106 cm³/mol. The van der Waals surface area contributed by atoms with Gasteiger partial charge in [-0.2, -0.15) is 0 Å². The van der Waals surface area contributed by atoms with Gasteiger partial charge in [-0.3, -0.25) is 14.6 Å². The highest BCUT2D eigenvalue weighted by molar-refractivity contribution is 5.96. The van der Waals surface area contributed by atoms with Gasteiger partial charge < -0.3 is 5.32 Å². The molecule has 0 aliphatic heterocycles. The number of fused-ring (bicyclic) bond motifs is 2. The van der Waals surface area contributed by atoms with E-state index in [2.05, 4.69) is 20.3 Å². The first-order chi connectivity index (χ1) is 13.4. The van der Waals surface area contributed by atoms with Crippen molar-refractivity contribution in [1.82, 2.24) is 15.0 Å². The summed E-state index contributed by atoms with van der Waals surface area (Å²) in [6.07, 6.45) is 7.51. The number of ketones is 1. The highest BCUT2D eigenvalue weighted by Gasteiger charge is 2.55. The van der Waals surface area contributed by atoms with Gasteiger partial charge in [-0.1, -0.05) is 12.5 Å². The standard InChI is InChI=1S/C22H26N4O2/c1-15-5-3-6-17(24-15)18(27)13-21-8-4-9-22(14-21,11-10-21)20(28)26-19-7-12-23-16(2)25-19/h3,5-7,12H,4,8-11,13-14H2,1-2H3,(H,23,25,26,28). The number of aryl methyl sites for hydroxylation is 2. The first-order valence-corrected chi connectivity index (χ1v) is 9.98. The molecule has 2 fully saturated rings. The molecule has 0 aromatic carbocycles. The molecule has 2 aliphatic rings. The Hall–Kier alpha value is -2.63. The van der Waals surface area contributed by atoms with Crippen LogP contribution in [0.2, 0.25) is 0 Å². The molecule has 2 unspecified atom stereocenters. The maximum atomic E-state index is 13.1. The molecule has 0 radical (unpaired) electrons. The molecule has 0 saturated heterocycles. The van der Waals surface area contributed by atoms with Crippen LogP contribution < -0.4 is 5.32 Å². The number of rotatable bonds is 5. The van der Waals surface area contributed by atoms with E-state index in [1.165, 1.54) is 0 Å². The van der Waals surface area contributed by atoms with Crippen molar-refractivity contribution >= 4 is 17.5 Å². The van der Waals surface area contributed by atoms with Crippen LogP contribution in [-0.2, 0) is 4.79 Å². The second-order valence-electron chi connectivity index (χ2n) is 8.52. The molecule has 28 heavy (non-hydrogen) atoms. The molecule has 2 saturated carbocycles. The summed E-state index contributed by atoms with van der Waals surface area (Å²) in [5.74, 6) is 1.31. The molecule has 146 valence electrons. The summed E-state index contributed by atoms with van der Waals surface area (Å²) < 4.78 is 0. The van der Waals surface area contributed by atoms with Gasteiger partial charge in [-0.25, -0.2) is 9.97 Å². The molecule has 4 rings (SSSR count). The molecule has 6 nitrogen and oxygen atoms in total. The van der Waals surface area contributed by atoms with Crippen LogP contribution in [0.4, 0.5) is 5.82 Å². The largest absolute Gasteiger partial charge is 0.310 e. The van der Waals surface area contributed by atoms with Crippen molar-refractivity contribution < 1.29 is 9.59 Å². The van der Waals surface area contributed by atoms with E-state index >= 15 is 0 Å². The Morgan fingerprint density at radius 1 is 1.07 bits per heavy atom. The van der Waals surface area contributed by atoms with Gasteiger partial charge in [0.2, 0.25) is 5.91 Å². The smallest absolute Gasteiger partial charge is 0.231 e. The van der Waals surface area contributed by atoms with Gasteiger partial charge in [0, 0.05) is 18.3 Å². The van der Waals surface area contributed by atoms with E-state index in [0.29, 0.717) is 23.8 Å². The number of carbonyl (C=O) groups excluding carboxylic acids is 2. The third kappa shape index (κ3) is 3.55. The molecule has 0 spiro atoms. The molecule has 2 aromatic heterocycles. The molecule has 6 heteroatoms. The summed E-state index contributed by atoms with van der Waals surface area (Å²) in [4.78, 5) is 38.8. The topological polar surface area (TPSA) is 84.8 Å². The molecule has 1 N–H and O–H groups in total. The van der Waals surface area contributed by atoms with E-state index in [1.54, 1.807) is 25.3 Å². The van der Waals surface area contributed by atoms with Crippen LogP contribution in [0.5, 0.6) is 0 Å². The van der Waals surface area contributed by atoms with Crippen molar-refractivity contribution in [3.63, 3.8) is 0 Å². The van der Waals surface area contributed by atoms with Crippen molar-refractivity contribution in [3.8, 4) is 0 Å². The molecule has 1 amide bonds. The van der Waals surface area contributed by atoms with Crippen LogP contribution in [0.1, 0.15) is 67.0 Å². The Morgan fingerprint density at radius 3 is 2.71 bits per heavy atom. The van der Waals surface area contributed by atoms with Crippen molar-refractivity contribution in [2.75, 3.05) is 5.32 Å². The third-order valence-corrected chi connectivity index (χ3v) is 6.42. The summed E-state index contributed by atoms with van der Waals surface area (Å²) in [7, 11) is 0. The van der Waals surface area contributed by atoms with Crippen molar-refractivity contribution in [1.29, 1.82) is 0 Å². The van der Waals surface area contributed by atoms with Gasteiger partial charge in [0.1, 0.15) is 17.3 Å². The van der Waals surface area contributed by atoms with Gasteiger partial charge in [0.25, 0.3) is 0 Å². The number of aromatic nitrogens is 3. The number of hydrogen-bond donors (Lipinski definition) is 1. The fraction of sp³-hybridized carbons (Fsp3) is 0.500. The minimum Gasteiger partial charge on any atom is -0.310 e. The Balaban J connectivity index is 1.49. The molecule has 2 aromatic rings. The summed E-state index contributed by atoms with van der Waals surface area (Å²) >= 11 is 0. The molecular weight excluding hydrogens is 352 g/mol. The van der Waals surface area contributed by atoms with E-state index in [1.807, 2.05) is 19.1 Å². The van der Waals surface area contributed by atoms with Crippen molar-refractivity contribution in [2.24, 2.45) is 10.8 Å². The lowest BCUT2D eigenvalue weighted by Gasteiger charge is -2.38. The second kappa shape index (κ2) is 7.08. The first kappa shape index (κ1) is 18.7. The molecule has 2 bridgehead atoms. The zero-order chi connectivity index (χ0) is 19.8. The van der Waals surface area contributed by atoms with Crippen LogP contribution in [0.15, 0.2) is 30.5 Å². The highest BCUT2D eigenvalue weighted by atomic mass is 16.2. The lowest BCUT2D eigenvalue weighted by Crippen LogP contribution is -2.39. The molecule has 2 atom stereocenters. The van der Waals surface area contributed by atoms with E-state index < -0.39 is 5.41 Å². The average molecular weight is 378 g/mol. The van der Waals surface area contributed by atoms with Crippen LogP contribution in [0.3, 0.4) is 0 Å². The molecular formula is C22H26N4O2. The predicted octanol–water partition coefficient (Wildman–Crippen LogP) is 4.04. The minimum absolute atomic E-state index is 0.0355. The van der Waals surface area contributed by atoms with Gasteiger partial charge in [-0.15, -0.1) is 0 Å². The summed E-state index contributed by atoms with van der Waals surface area (Å²) in [6.45, 7) is 3.70. The van der Waals surface area contributed by atoms with Gasteiger partial charge in [0.15, 0.2) is 5.78 Å². The van der Waals surface area contributed by atoms with E-state index in [0.717, 1.165) is 44.2 Å². The summed E-state index contributed by atoms with van der Waals surface area (Å²) in [5, 5.41) is 2.99. The van der Waals surface area contributed by atoms with Gasteiger partial charge in [0.05, 0.1) is 5.41 Å². The first-order valence-electron chi connectivity index (χ1n) is 9.98. The molecule has 2 aliphatic carbocycles. The fourth-order valence-electron chi connectivity index (χ4n) is 5.08. The SMILES string of the molecule is Cc1cccc(C(=O)CC23CCCC(C(=O)Nc4ccnc(C)n4)(CC2)C3)n1. The zero-order valence-corrected chi connectivity index (χ0v) is 16.5. The van der Waals surface area contributed by atoms with Gasteiger partial charge in [-0.05, 0) is 69.6 Å². The number of nitrogens with zero attached hydrogens (tertiary/aromatic N) is 3. The monoisotopic (exact) mass is 378 g/mol. The summed E-state index contributed by atoms with van der Waals surface area (Å²) in [5.41, 5.74) is 0.919. The maximum Gasteiger partial charge on any atom is 0.231 e.